The molecule has 0 saturated heterocycles. The number of ether oxygens (including phenoxy) is 1. The van der Waals surface area contributed by atoms with Crippen molar-refractivity contribution >= 4 is 12.6 Å². The van der Waals surface area contributed by atoms with Crippen LogP contribution in [-0.4, -0.2) is 19.5 Å². The van der Waals surface area contributed by atoms with Gasteiger partial charge in [-0.05, 0) is 18.6 Å². The molecule has 0 spiro atoms. The Morgan fingerprint density at radius 1 is 1.30 bits per heavy atom. The molecule has 0 aliphatic heterocycles. The van der Waals surface area contributed by atoms with Gasteiger partial charge in [-0.1, -0.05) is 13.8 Å². The number of hydrogen-bond acceptors (Lipinski definition) is 2. The molecule has 2 heteroatoms. The smallest absolute Gasteiger partial charge is 0.0526 e. The van der Waals surface area contributed by atoms with Crippen molar-refractivity contribution in [2.45, 2.75) is 26.7 Å². The van der Waals surface area contributed by atoms with E-state index in [-0.39, 0.29) is 0 Å². The van der Waals surface area contributed by atoms with Crippen LogP contribution in [0.2, 0.25) is 0 Å². The Labute approximate surface area is 69.6 Å². The largest absolute Gasteiger partial charge is 0.384 e. The zero-order chi connectivity index (χ0) is 8.04. The normalized spacial score (nSPS) is 12.0. The molecule has 0 aromatic rings. The van der Waals surface area contributed by atoms with Gasteiger partial charge in [0.1, 0.15) is 0 Å². The molecule has 0 unspecified atom stereocenters. The predicted molar refractivity (Wildman–Crippen MR) is 48.7 cm³/mol. The van der Waals surface area contributed by atoms with Crippen LogP contribution in [0.25, 0.3) is 0 Å². The Morgan fingerprint density at radius 3 is 1.90 bits per heavy atom. The van der Waals surface area contributed by atoms with E-state index in [1.54, 1.807) is 7.11 Å². The minimum Gasteiger partial charge on any atom is -0.384 e. The SMILES string of the molecule is CCC(CC)(CS)COC. The molecule has 0 aromatic carbocycles. The highest BCUT2D eigenvalue weighted by atomic mass is 32.1. The van der Waals surface area contributed by atoms with Crippen LogP contribution in [-0.2, 0) is 4.74 Å². The van der Waals surface area contributed by atoms with Crippen molar-refractivity contribution in [1.29, 1.82) is 0 Å². The summed E-state index contributed by atoms with van der Waals surface area (Å²) in [6.07, 6.45) is 2.31. The minimum atomic E-state index is 0.317. The molecule has 1 nitrogen and oxygen atoms in total. The highest BCUT2D eigenvalue weighted by molar-refractivity contribution is 7.80. The lowest BCUT2D eigenvalue weighted by Gasteiger charge is -2.28. The highest BCUT2D eigenvalue weighted by Crippen LogP contribution is 2.27. The molecule has 10 heavy (non-hydrogen) atoms. The molecule has 0 N–H and O–H groups in total. The topological polar surface area (TPSA) is 9.23 Å². The fourth-order valence-electron chi connectivity index (χ4n) is 1.03. The van der Waals surface area contributed by atoms with Crippen molar-refractivity contribution in [3.8, 4) is 0 Å². The molecule has 0 fully saturated rings. The van der Waals surface area contributed by atoms with Crippen LogP contribution < -0.4 is 0 Å². The van der Waals surface area contributed by atoms with Crippen molar-refractivity contribution in [3.05, 3.63) is 0 Å². The van der Waals surface area contributed by atoms with Crippen LogP contribution in [0.5, 0.6) is 0 Å². The van der Waals surface area contributed by atoms with E-state index in [1.165, 1.54) is 0 Å². The first-order valence-electron chi connectivity index (χ1n) is 3.84. The van der Waals surface area contributed by atoms with E-state index in [0.717, 1.165) is 25.2 Å². The summed E-state index contributed by atoms with van der Waals surface area (Å²) in [5.41, 5.74) is 0.317. The number of methoxy groups -OCH3 is 1. The second-order valence-corrected chi connectivity index (χ2v) is 3.11. The number of rotatable bonds is 5. The van der Waals surface area contributed by atoms with Crippen LogP contribution in [0.15, 0.2) is 0 Å². The summed E-state index contributed by atoms with van der Waals surface area (Å²) >= 11 is 4.32. The average Bonchev–Trinajstić information content (AvgIpc) is 2.01. The van der Waals surface area contributed by atoms with Gasteiger partial charge >= 0.3 is 0 Å². The van der Waals surface area contributed by atoms with Gasteiger partial charge in [0.25, 0.3) is 0 Å². The first-order chi connectivity index (χ1) is 4.74. The Bertz CT molecular complexity index is 71.1. The maximum absolute atomic E-state index is 5.13. The summed E-state index contributed by atoms with van der Waals surface area (Å²) < 4.78 is 5.13. The molecule has 0 rings (SSSR count). The highest BCUT2D eigenvalue weighted by Gasteiger charge is 2.23. The van der Waals surface area contributed by atoms with E-state index in [2.05, 4.69) is 26.5 Å². The maximum atomic E-state index is 5.13. The van der Waals surface area contributed by atoms with Crippen molar-refractivity contribution in [1.82, 2.24) is 0 Å². The van der Waals surface area contributed by atoms with Crippen molar-refractivity contribution in [3.63, 3.8) is 0 Å². The zero-order valence-electron chi connectivity index (χ0n) is 7.18. The van der Waals surface area contributed by atoms with Crippen LogP contribution >= 0.6 is 12.6 Å². The van der Waals surface area contributed by atoms with Gasteiger partial charge in [-0.15, -0.1) is 0 Å². The molecule has 0 aromatic heterocycles. The molecule has 0 bridgehead atoms. The molecule has 0 atom stereocenters. The second kappa shape index (κ2) is 5.03. The molecule has 0 amide bonds. The summed E-state index contributed by atoms with van der Waals surface area (Å²) in [5.74, 6) is 0.924. The zero-order valence-corrected chi connectivity index (χ0v) is 8.08. The molecular formula is C8H18OS. The summed E-state index contributed by atoms with van der Waals surface area (Å²) in [4.78, 5) is 0. The van der Waals surface area contributed by atoms with Gasteiger partial charge in [0.2, 0.25) is 0 Å². The summed E-state index contributed by atoms with van der Waals surface area (Å²) in [7, 11) is 1.75. The van der Waals surface area contributed by atoms with E-state index in [9.17, 15) is 0 Å². The minimum absolute atomic E-state index is 0.317. The van der Waals surface area contributed by atoms with E-state index in [1.807, 2.05) is 0 Å². The van der Waals surface area contributed by atoms with Gasteiger partial charge in [-0.3, -0.25) is 0 Å². The van der Waals surface area contributed by atoms with E-state index in [4.69, 9.17) is 4.74 Å². The molecule has 62 valence electrons. The van der Waals surface area contributed by atoms with E-state index in [0.29, 0.717) is 5.41 Å². The summed E-state index contributed by atoms with van der Waals surface area (Å²) in [6, 6.07) is 0. The first kappa shape index (κ1) is 10.3. The van der Waals surface area contributed by atoms with Crippen molar-refractivity contribution in [2.75, 3.05) is 19.5 Å². The fourth-order valence-corrected chi connectivity index (χ4v) is 1.57. The lowest BCUT2D eigenvalue weighted by molar-refractivity contribution is 0.0896. The molecule has 0 aliphatic carbocycles. The second-order valence-electron chi connectivity index (χ2n) is 2.80. The van der Waals surface area contributed by atoms with Gasteiger partial charge in [0.15, 0.2) is 0 Å². The van der Waals surface area contributed by atoms with E-state index < -0.39 is 0 Å². The van der Waals surface area contributed by atoms with E-state index >= 15 is 0 Å². The third-order valence-corrected chi connectivity index (χ3v) is 2.96. The monoisotopic (exact) mass is 162 g/mol. The quantitative estimate of drug-likeness (QED) is 0.611. The third-order valence-electron chi connectivity index (χ3n) is 2.29. The predicted octanol–water partition coefficient (Wildman–Crippen LogP) is 2.37. The Balaban J connectivity index is 3.87. The van der Waals surface area contributed by atoms with Gasteiger partial charge in [-0.25, -0.2) is 0 Å². The standard InChI is InChI=1S/C8H18OS/c1-4-8(5-2,7-10)6-9-3/h10H,4-7H2,1-3H3. The lowest BCUT2D eigenvalue weighted by Crippen LogP contribution is -2.26. The Kier molecular flexibility index (Phi) is 5.18. The Morgan fingerprint density at radius 2 is 1.80 bits per heavy atom. The molecular weight excluding hydrogens is 144 g/mol. The van der Waals surface area contributed by atoms with Crippen LogP contribution in [0.1, 0.15) is 26.7 Å². The lowest BCUT2D eigenvalue weighted by atomic mass is 9.85. The molecule has 0 saturated carbocycles. The van der Waals surface area contributed by atoms with Gasteiger partial charge in [-0.2, -0.15) is 12.6 Å². The van der Waals surface area contributed by atoms with Crippen molar-refractivity contribution < 1.29 is 4.74 Å². The van der Waals surface area contributed by atoms with Gasteiger partial charge < -0.3 is 4.74 Å². The van der Waals surface area contributed by atoms with Gasteiger partial charge in [0.05, 0.1) is 6.61 Å². The van der Waals surface area contributed by atoms with Crippen molar-refractivity contribution in [2.24, 2.45) is 5.41 Å². The summed E-state index contributed by atoms with van der Waals surface area (Å²) in [5, 5.41) is 0. The van der Waals surface area contributed by atoms with Crippen LogP contribution in [0, 0.1) is 5.41 Å². The molecule has 0 heterocycles. The van der Waals surface area contributed by atoms with Crippen LogP contribution in [0.4, 0.5) is 0 Å². The third kappa shape index (κ3) is 2.51. The number of hydrogen-bond donors (Lipinski definition) is 1. The average molecular weight is 162 g/mol. The maximum Gasteiger partial charge on any atom is 0.0526 e. The molecule has 0 aliphatic rings. The first-order valence-corrected chi connectivity index (χ1v) is 4.47. The fraction of sp³-hybridized carbons (Fsp3) is 1.00. The molecule has 0 radical (unpaired) electrons. The van der Waals surface area contributed by atoms with Gasteiger partial charge in [0, 0.05) is 12.5 Å². The van der Waals surface area contributed by atoms with Crippen LogP contribution in [0.3, 0.4) is 0 Å². The number of thiol groups is 1. The Hall–Kier alpha value is 0.310. The summed E-state index contributed by atoms with van der Waals surface area (Å²) in [6.45, 7) is 5.22.